The summed E-state index contributed by atoms with van der Waals surface area (Å²) in [4.78, 5) is 0. The Morgan fingerprint density at radius 1 is 1.24 bits per heavy atom. The van der Waals surface area contributed by atoms with E-state index in [-0.39, 0.29) is 0 Å². The molecule has 0 saturated heterocycles. The summed E-state index contributed by atoms with van der Waals surface area (Å²) in [6.45, 7) is 3.85. The molecule has 116 valence electrons. The molecule has 21 heavy (non-hydrogen) atoms. The van der Waals surface area contributed by atoms with Crippen LogP contribution in [-0.2, 0) is 22.6 Å². The van der Waals surface area contributed by atoms with Crippen molar-refractivity contribution in [1.82, 2.24) is 9.88 Å². The Balaban J connectivity index is 2.03. The van der Waals surface area contributed by atoms with Crippen LogP contribution in [-0.4, -0.2) is 38.5 Å². The minimum absolute atomic E-state index is 0.693. The number of halogens is 1. The van der Waals surface area contributed by atoms with Gasteiger partial charge in [0.1, 0.15) is 0 Å². The number of methoxy groups -OCH3 is 1. The third-order valence-electron chi connectivity index (χ3n) is 3.41. The Bertz CT molecular complexity index is 569. The number of nitrogens with zero attached hydrogens (tertiary/aromatic N) is 1. The number of ether oxygens (including phenoxy) is 2. The van der Waals surface area contributed by atoms with Gasteiger partial charge in [0.05, 0.1) is 6.61 Å². The molecular formula is C16H23ClN2O2. The molecule has 1 aromatic carbocycles. The Kier molecular flexibility index (Phi) is 6.51. The average Bonchev–Trinajstić information content (AvgIpc) is 2.81. The molecule has 1 heterocycles. The lowest BCUT2D eigenvalue weighted by molar-refractivity contribution is 0.0982. The molecule has 0 radical (unpaired) electrons. The van der Waals surface area contributed by atoms with E-state index in [1.54, 1.807) is 7.11 Å². The lowest BCUT2D eigenvalue weighted by Crippen LogP contribution is -2.07. The fourth-order valence-corrected chi connectivity index (χ4v) is 2.59. The second kappa shape index (κ2) is 8.39. The molecule has 0 aliphatic carbocycles. The normalized spacial score (nSPS) is 11.4. The number of nitrogens with one attached hydrogen (secondary N) is 1. The minimum Gasteiger partial charge on any atom is -0.385 e. The summed E-state index contributed by atoms with van der Waals surface area (Å²) >= 11 is 6.12. The average molecular weight is 311 g/mol. The highest BCUT2D eigenvalue weighted by molar-refractivity contribution is 6.31. The van der Waals surface area contributed by atoms with Gasteiger partial charge in [-0.2, -0.15) is 0 Å². The minimum atomic E-state index is 0.693. The topological polar surface area (TPSA) is 35.4 Å². The van der Waals surface area contributed by atoms with Crippen molar-refractivity contribution in [3.8, 4) is 0 Å². The zero-order valence-corrected chi connectivity index (χ0v) is 13.4. The lowest BCUT2D eigenvalue weighted by atomic mass is 10.2. The van der Waals surface area contributed by atoms with E-state index >= 15 is 0 Å². The first kappa shape index (κ1) is 16.3. The van der Waals surface area contributed by atoms with Crippen LogP contribution >= 0.6 is 11.6 Å². The van der Waals surface area contributed by atoms with Gasteiger partial charge in [0.2, 0.25) is 0 Å². The summed E-state index contributed by atoms with van der Waals surface area (Å²) in [6, 6.07) is 6.04. The van der Waals surface area contributed by atoms with Gasteiger partial charge in [-0.25, -0.2) is 0 Å². The van der Waals surface area contributed by atoms with Crippen molar-refractivity contribution >= 4 is 22.5 Å². The molecule has 0 unspecified atom stereocenters. The molecule has 0 aliphatic heterocycles. The van der Waals surface area contributed by atoms with E-state index in [0.29, 0.717) is 6.61 Å². The van der Waals surface area contributed by atoms with Gasteiger partial charge in [-0.15, -0.1) is 0 Å². The van der Waals surface area contributed by atoms with Gasteiger partial charge >= 0.3 is 0 Å². The zero-order valence-electron chi connectivity index (χ0n) is 12.7. The van der Waals surface area contributed by atoms with Crippen molar-refractivity contribution in [3.63, 3.8) is 0 Å². The summed E-state index contributed by atoms with van der Waals surface area (Å²) < 4.78 is 12.9. The molecule has 4 nitrogen and oxygen atoms in total. The van der Waals surface area contributed by atoms with E-state index in [1.807, 2.05) is 19.2 Å². The second-order valence-corrected chi connectivity index (χ2v) is 5.43. The Morgan fingerprint density at radius 2 is 2.10 bits per heavy atom. The van der Waals surface area contributed by atoms with Crippen LogP contribution in [0, 0.1) is 0 Å². The summed E-state index contributed by atoms with van der Waals surface area (Å²) in [5.41, 5.74) is 2.44. The first-order valence-corrected chi connectivity index (χ1v) is 7.62. The van der Waals surface area contributed by atoms with E-state index in [0.717, 1.165) is 43.3 Å². The molecule has 0 spiro atoms. The standard InChI is InChI=1S/C16H23ClN2O2/c1-18-11-13-12-19(6-9-21-8-3-7-20-2)16-10-14(17)4-5-15(13)16/h4-5,10,12,18H,3,6-9,11H2,1-2H3. The Hall–Kier alpha value is -1.07. The summed E-state index contributed by atoms with van der Waals surface area (Å²) in [5.74, 6) is 0. The maximum Gasteiger partial charge on any atom is 0.0645 e. The summed E-state index contributed by atoms with van der Waals surface area (Å²) in [6.07, 6.45) is 3.11. The van der Waals surface area contributed by atoms with Crippen LogP contribution in [0.2, 0.25) is 5.02 Å². The van der Waals surface area contributed by atoms with Crippen LogP contribution in [0.5, 0.6) is 0 Å². The number of hydrogen-bond donors (Lipinski definition) is 1. The first-order chi connectivity index (χ1) is 10.3. The van der Waals surface area contributed by atoms with E-state index in [2.05, 4.69) is 22.1 Å². The molecule has 0 amide bonds. The van der Waals surface area contributed by atoms with Crippen LogP contribution in [0.3, 0.4) is 0 Å². The van der Waals surface area contributed by atoms with Gasteiger partial charge in [-0.1, -0.05) is 17.7 Å². The number of hydrogen-bond acceptors (Lipinski definition) is 3. The highest BCUT2D eigenvalue weighted by Crippen LogP contribution is 2.24. The molecule has 5 heteroatoms. The van der Waals surface area contributed by atoms with Crippen LogP contribution in [0.1, 0.15) is 12.0 Å². The van der Waals surface area contributed by atoms with E-state index in [1.165, 1.54) is 10.9 Å². The third-order valence-corrected chi connectivity index (χ3v) is 3.64. The van der Waals surface area contributed by atoms with Gasteiger partial charge < -0.3 is 19.4 Å². The van der Waals surface area contributed by atoms with Crippen LogP contribution in [0.25, 0.3) is 10.9 Å². The van der Waals surface area contributed by atoms with Crippen molar-refractivity contribution < 1.29 is 9.47 Å². The molecule has 1 aromatic heterocycles. The van der Waals surface area contributed by atoms with E-state index < -0.39 is 0 Å². The first-order valence-electron chi connectivity index (χ1n) is 7.25. The fraction of sp³-hybridized carbons (Fsp3) is 0.500. The van der Waals surface area contributed by atoms with E-state index in [9.17, 15) is 0 Å². The Morgan fingerprint density at radius 3 is 2.86 bits per heavy atom. The van der Waals surface area contributed by atoms with Gasteiger partial charge in [0, 0.05) is 55.5 Å². The highest BCUT2D eigenvalue weighted by atomic mass is 35.5. The van der Waals surface area contributed by atoms with Gasteiger partial charge in [0.15, 0.2) is 0 Å². The zero-order chi connectivity index (χ0) is 15.1. The van der Waals surface area contributed by atoms with Crippen LogP contribution < -0.4 is 5.32 Å². The van der Waals surface area contributed by atoms with Gasteiger partial charge in [0.25, 0.3) is 0 Å². The maximum atomic E-state index is 6.12. The van der Waals surface area contributed by atoms with Crippen molar-refractivity contribution in [3.05, 3.63) is 35.0 Å². The van der Waals surface area contributed by atoms with Gasteiger partial charge in [-0.05, 0) is 31.2 Å². The molecule has 0 bridgehead atoms. The summed E-state index contributed by atoms with van der Waals surface area (Å²) in [7, 11) is 3.66. The van der Waals surface area contributed by atoms with Crippen molar-refractivity contribution in [2.75, 3.05) is 34.0 Å². The number of fused-ring (bicyclic) bond motifs is 1. The van der Waals surface area contributed by atoms with Gasteiger partial charge in [-0.3, -0.25) is 0 Å². The fourth-order valence-electron chi connectivity index (χ4n) is 2.43. The highest BCUT2D eigenvalue weighted by Gasteiger charge is 2.08. The third kappa shape index (κ3) is 4.45. The lowest BCUT2D eigenvalue weighted by Gasteiger charge is -2.07. The van der Waals surface area contributed by atoms with Crippen LogP contribution in [0.4, 0.5) is 0 Å². The molecule has 0 saturated carbocycles. The smallest absolute Gasteiger partial charge is 0.0645 e. The second-order valence-electron chi connectivity index (χ2n) is 5.00. The Labute approximate surface area is 131 Å². The van der Waals surface area contributed by atoms with Crippen molar-refractivity contribution in [2.24, 2.45) is 0 Å². The van der Waals surface area contributed by atoms with Crippen LogP contribution in [0.15, 0.2) is 24.4 Å². The molecule has 2 aromatic rings. The molecule has 2 rings (SSSR count). The van der Waals surface area contributed by atoms with E-state index in [4.69, 9.17) is 21.1 Å². The molecule has 1 N–H and O–H groups in total. The van der Waals surface area contributed by atoms with Crippen molar-refractivity contribution in [2.45, 2.75) is 19.5 Å². The molecule has 0 atom stereocenters. The summed E-state index contributed by atoms with van der Waals surface area (Å²) in [5, 5.41) is 5.21. The molecule has 0 aliphatic rings. The molecule has 0 fully saturated rings. The monoisotopic (exact) mass is 310 g/mol. The number of rotatable bonds is 9. The predicted octanol–water partition coefficient (Wildman–Crippen LogP) is 3.07. The SMILES string of the molecule is CNCc1cn(CCOCCCOC)c2cc(Cl)ccc12. The largest absolute Gasteiger partial charge is 0.385 e. The predicted molar refractivity (Wildman–Crippen MR) is 87.0 cm³/mol. The maximum absolute atomic E-state index is 6.12. The van der Waals surface area contributed by atoms with Crippen molar-refractivity contribution in [1.29, 1.82) is 0 Å². The number of aromatic nitrogens is 1. The molecular weight excluding hydrogens is 288 g/mol. The quantitative estimate of drug-likeness (QED) is 0.723. The number of benzene rings is 1.